The molecule has 1 aliphatic carbocycles. The Labute approximate surface area is 109 Å². The van der Waals surface area contributed by atoms with Crippen molar-refractivity contribution in [3.63, 3.8) is 0 Å². The molecule has 0 unspecified atom stereocenters. The van der Waals surface area contributed by atoms with E-state index < -0.39 is 5.54 Å². The summed E-state index contributed by atoms with van der Waals surface area (Å²) in [6, 6.07) is 1.46. The van der Waals surface area contributed by atoms with Gasteiger partial charge in [-0.05, 0) is 12.8 Å². The molecule has 6 heteroatoms. The Hall–Kier alpha value is -1.71. The van der Waals surface area contributed by atoms with Gasteiger partial charge >= 0.3 is 0 Å². The molecule has 1 fully saturated rings. The van der Waals surface area contributed by atoms with E-state index in [0.717, 1.165) is 0 Å². The third-order valence-corrected chi connectivity index (χ3v) is 3.33. The minimum absolute atomic E-state index is 0.134. The van der Waals surface area contributed by atoms with Gasteiger partial charge in [-0.3, -0.25) is 0 Å². The number of halogens is 1. The Balaban J connectivity index is 2.71. The first-order valence-corrected chi connectivity index (χ1v) is 5.70. The molecule has 1 aromatic rings. The molecule has 0 aliphatic heterocycles. The number of hydrogen-bond donors (Lipinski definition) is 1. The van der Waals surface area contributed by atoms with Crippen molar-refractivity contribution in [3.05, 3.63) is 16.7 Å². The Kier molecular flexibility index (Phi) is 3.20. The van der Waals surface area contributed by atoms with Crippen molar-refractivity contribution >= 4 is 17.7 Å². The van der Waals surface area contributed by atoms with Gasteiger partial charge < -0.3 is 14.6 Å². The summed E-state index contributed by atoms with van der Waals surface area (Å²) in [5.74, 6) is 0.601. The molecule has 0 aromatic heterocycles. The number of rotatable bonds is 4. The van der Waals surface area contributed by atoms with Crippen LogP contribution in [-0.4, -0.2) is 25.4 Å². The first-order valence-electron chi connectivity index (χ1n) is 5.32. The van der Waals surface area contributed by atoms with Crippen LogP contribution in [0.4, 0.5) is 0 Å². The van der Waals surface area contributed by atoms with Crippen LogP contribution < -0.4 is 9.47 Å². The second kappa shape index (κ2) is 4.52. The highest BCUT2D eigenvalue weighted by Gasteiger charge is 2.50. The van der Waals surface area contributed by atoms with E-state index in [0.29, 0.717) is 29.9 Å². The van der Waals surface area contributed by atoms with Crippen molar-refractivity contribution in [2.75, 3.05) is 14.2 Å². The minimum Gasteiger partial charge on any atom is -0.506 e. The standard InChI is InChI=1S/C12H12ClNO4/c1-17-8-5-7(13)10(16)9(11(8)18-2)12(3-4-12)14-6-15/h5,16H,3-4H2,1-2H3. The summed E-state index contributed by atoms with van der Waals surface area (Å²) in [6.07, 6.45) is 2.80. The Bertz CT molecular complexity index is 533. The lowest BCUT2D eigenvalue weighted by molar-refractivity contribution is 0.342. The number of ether oxygens (including phenoxy) is 2. The summed E-state index contributed by atoms with van der Waals surface area (Å²) in [6.45, 7) is 0. The minimum atomic E-state index is -0.782. The van der Waals surface area contributed by atoms with E-state index in [1.807, 2.05) is 0 Å². The zero-order valence-electron chi connectivity index (χ0n) is 9.99. The Morgan fingerprint density at radius 3 is 2.56 bits per heavy atom. The van der Waals surface area contributed by atoms with Crippen LogP contribution in [0, 0.1) is 0 Å². The number of hydrogen-bond acceptors (Lipinski definition) is 5. The van der Waals surface area contributed by atoms with Gasteiger partial charge in [0.1, 0.15) is 11.3 Å². The molecule has 0 amide bonds. The van der Waals surface area contributed by atoms with Gasteiger partial charge in [0.2, 0.25) is 6.08 Å². The smallest absolute Gasteiger partial charge is 0.235 e. The van der Waals surface area contributed by atoms with Crippen molar-refractivity contribution in [3.8, 4) is 17.2 Å². The SMILES string of the molecule is COc1cc(Cl)c(O)c(C2(N=C=O)CC2)c1OC. The number of benzene rings is 1. The maximum atomic E-state index is 10.5. The third-order valence-electron chi connectivity index (χ3n) is 3.04. The first kappa shape index (κ1) is 12.7. The van der Waals surface area contributed by atoms with Crippen LogP contribution in [0.3, 0.4) is 0 Å². The van der Waals surface area contributed by atoms with Gasteiger partial charge in [-0.2, -0.15) is 4.99 Å². The van der Waals surface area contributed by atoms with Gasteiger partial charge in [-0.1, -0.05) is 11.6 Å². The number of methoxy groups -OCH3 is 2. The van der Waals surface area contributed by atoms with Crippen LogP contribution in [0.15, 0.2) is 11.1 Å². The molecule has 1 saturated carbocycles. The Morgan fingerprint density at radius 1 is 1.44 bits per heavy atom. The predicted molar refractivity (Wildman–Crippen MR) is 65.3 cm³/mol. The molecule has 0 bridgehead atoms. The number of nitrogens with zero attached hydrogens (tertiary/aromatic N) is 1. The molecular weight excluding hydrogens is 258 g/mol. The average molecular weight is 270 g/mol. The molecule has 96 valence electrons. The van der Waals surface area contributed by atoms with E-state index >= 15 is 0 Å². The number of aliphatic imine (C=N–C) groups is 1. The molecule has 2 rings (SSSR count). The number of isocyanates is 1. The van der Waals surface area contributed by atoms with E-state index in [1.165, 1.54) is 26.4 Å². The molecule has 1 N–H and O–H groups in total. The molecule has 1 aliphatic rings. The normalized spacial score (nSPS) is 15.7. The monoisotopic (exact) mass is 269 g/mol. The maximum absolute atomic E-state index is 10.5. The van der Waals surface area contributed by atoms with Crippen molar-refractivity contribution in [1.82, 2.24) is 0 Å². The average Bonchev–Trinajstić information content (AvgIpc) is 3.12. The molecule has 0 radical (unpaired) electrons. The fourth-order valence-electron chi connectivity index (χ4n) is 2.01. The van der Waals surface area contributed by atoms with Gasteiger partial charge in [-0.25, -0.2) is 4.79 Å². The van der Waals surface area contributed by atoms with Gasteiger partial charge in [0.25, 0.3) is 0 Å². The topological polar surface area (TPSA) is 68.1 Å². The highest BCUT2D eigenvalue weighted by Crippen LogP contribution is 2.58. The second-order valence-electron chi connectivity index (χ2n) is 4.05. The van der Waals surface area contributed by atoms with Crippen molar-refractivity contribution in [2.45, 2.75) is 18.4 Å². The predicted octanol–water partition coefficient (Wildman–Crippen LogP) is 2.39. The van der Waals surface area contributed by atoms with Crippen LogP contribution in [0.5, 0.6) is 17.2 Å². The van der Waals surface area contributed by atoms with E-state index in [2.05, 4.69) is 4.99 Å². The third kappa shape index (κ3) is 1.82. The highest BCUT2D eigenvalue weighted by molar-refractivity contribution is 6.32. The lowest BCUT2D eigenvalue weighted by Gasteiger charge is -2.18. The van der Waals surface area contributed by atoms with Crippen LogP contribution in [-0.2, 0) is 10.3 Å². The fraction of sp³-hybridized carbons (Fsp3) is 0.417. The van der Waals surface area contributed by atoms with Crippen LogP contribution in [0.2, 0.25) is 5.02 Å². The van der Waals surface area contributed by atoms with Crippen molar-refractivity contribution in [1.29, 1.82) is 0 Å². The zero-order valence-corrected chi connectivity index (χ0v) is 10.7. The number of phenolic OH excluding ortho intramolecular Hbond substituents is 1. The van der Waals surface area contributed by atoms with Crippen molar-refractivity contribution in [2.24, 2.45) is 4.99 Å². The molecule has 0 atom stereocenters. The van der Waals surface area contributed by atoms with Gasteiger partial charge in [-0.15, -0.1) is 0 Å². The summed E-state index contributed by atoms with van der Waals surface area (Å²) in [7, 11) is 2.92. The van der Waals surface area contributed by atoms with Gasteiger partial charge in [0.05, 0.1) is 24.8 Å². The summed E-state index contributed by atoms with van der Waals surface area (Å²) in [4.78, 5) is 14.3. The van der Waals surface area contributed by atoms with E-state index in [9.17, 15) is 9.90 Å². The molecule has 0 heterocycles. The van der Waals surface area contributed by atoms with Crippen molar-refractivity contribution < 1.29 is 19.4 Å². The Morgan fingerprint density at radius 2 is 2.11 bits per heavy atom. The quantitative estimate of drug-likeness (QED) is 0.673. The largest absolute Gasteiger partial charge is 0.506 e. The summed E-state index contributed by atoms with van der Waals surface area (Å²) >= 11 is 5.93. The van der Waals surface area contributed by atoms with Crippen LogP contribution >= 0.6 is 11.6 Å². The first-order chi connectivity index (χ1) is 8.59. The molecule has 5 nitrogen and oxygen atoms in total. The van der Waals surface area contributed by atoms with E-state index in [1.54, 1.807) is 0 Å². The van der Waals surface area contributed by atoms with Gasteiger partial charge in [0, 0.05) is 6.07 Å². The number of phenols is 1. The summed E-state index contributed by atoms with van der Waals surface area (Å²) in [5.41, 5.74) is -0.396. The zero-order chi connectivity index (χ0) is 13.3. The van der Waals surface area contributed by atoms with E-state index in [-0.39, 0.29) is 10.8 Å². The molecule has 0 spiro atoms. The summed E-state index contributed by atoms with van der Waals surface area (Å²) < 4.78 is 10.4. The second-order valence-corrected chi connectivity index (χ2v) is 4.46. The summed E-state index contributed by atoms with van der Waals surface area (Å²) in [5, 5.41) is 10.2. The van der Waals surface area contributed by atoms with Crippen LogP contribution in [0.25, 0.3) is 0 Å². The molecule has 1 aromatic carbocycles. The molecule has 0 saturated heterocycles. The lowest BCUT2D eigenvalue weighted by atomic mass is 10.0. The molecule has 18 heavy (non-hydrogen) atoms. The molecular formula is C12H12ClNO4. The maximum Gasteiger partial charge on any atom is 0.235 e. The number of aromatic hydroxyl groups is 1. The lowest BCUT2D eigenvalue weighted by Crippen LogP contribution is -2.07. The fourth-order valence-corrected chi connectivity index (χ4v) is 2.20. The van der Waals surface area contributed by atoms with Gasteiger partial charge in [0.15, 0.2) is 11.5 Å². The number of carbonyl (C=O) groups excluding carboxylic acids is 1. The van der Waals surface area contributed by atoms with E-state index in [4.69, 9.17) is 21.1 Å². The van der Waals surface area contributed by atoms with Crippen LogP contribution in [0.1, 0.15) is 18.4 Å². The highest BCUT2D eigenvalue weighted by atomic mass is 35.5.